The standard InChI is InChI=1S/C24H19N2O4/c1-16(2)14-17-8-10-19(11-9-17)24(28)30-22-20(15-25)12-13-21(26-22)29-23(27)18-6-4-3-5-7-18/h3-13H,14H2,1-2H3. The zero-order valence-corrected chi connectivity index (χ0v) is 16.6. The van der Waals surface area contributed by atoms with Crippen LogP contribution in [-0.4, -0.2) is 16.9 Å². The van der Waals surface area contributed by atoms with Crippen LogP contribution in [0.3, 0.4) is 0 Å². The van der Waals surface area contributed by atoms with Crippen molar-refractivity contribution in [3.63, 3.8) is 0 Å². The fourth-order valence-corrected chi connectivity index (χ4v) is 2.69. The summed E-state index contributed by atoms with van der Waals surface area (Å²) in [7, 11) is 0. The Labute approximate surface area is 174 Å². The number of nitrogens with zero attached hydrogens (tertiary/aromatic N) is 2. The first-order chi connectivity index (χ1) is 14.5. The van der Waals surface area contributed by atoms with E-state index < -0.39 is 11.9 Å². The Kier molecular flexibility index (Phi) is 6.56. The van der Waals surface area contributed by atoms with Crippen LogP contribution in [0.4, 0.5) is 0 Å². The molecule has 0 N–H and O–H groups in total. The van der Waals surface area contributed by atoms with Crippen LogP contribution in [0.15, 0.2) is 66.7 Å². The lowest BCUT2D eigenvalue weighted by Gasteiger charge is -2.09. The minimum atomic E-state index is -0.658. The summed E-state index contributed by atoms with van der Waals surface area (Å²) < 4.78 is 10.5. The molecule has 6 heteroatoms. The zero-order chi connectivity index (χ0) is 21.5. The SMILES string of the molecule is C[C](C)Cc1ccc(C(=O)Oc2nc(OC(=O)c3ccccc3)ccc2C#N)cc1. The monoisotopic (exact) mass is 399 g/mol. The van der Waals surface area contributed by atoms with E-state index in [2.05, 4.69) is 4.98 Å². The quantitative estimate of drug-likeness (QED) is 0.565. The molecule has 0 spiro atoms. The third-order valence-corrected chi connectivity index (χ3v) is 4.10. The Balaban J connectivity index is 1.76. The first-order valence-electron chi connectivity index (χ1n) is 9.25. The summed E-state index contributed by atoms with van der Waals surface area (Å²) in [6, 6.07) is 20.1. The third kappa shape index (κ3) is 5.30. The van der Waals surface area contributed by atoms with Crippen molar-refractivity contribution >= 4 is 11.9 Å². The highest BCUT2D eigenvalue weighted by Gasteiger charge is 2.16. The van der Waals surface area contributed by atoms with Gasteiger partial charge in [-0.25, -0.2) is 9.59 Å². The predicted molar refractivity (Wildman–Crippen MR) is 110 cm³/mol. The van der Waals surface area contributed by atoms with Gasteiger partial charge < -0.3 is 9.47 Å². The molecule has 0 unspecified atom stereocenters. The normalized spacial score (nSPS) is 10.3. The molecule has 30 heavy (non-hydrogen) atoms. The molecule has 2 aromatic carbocycles. The molecule has 3 rings (SSSR count). The average Bonchev–Trinajstić information content (AvgIpc) is 2.74. The number of carbonyl (C=O) groups is 2. The number of aromatic nitrogens is 1. The largest absolute Gasteiger partial charge is 0.404 e. The Morgan fingerprint density at radius 1 is 0.867 bits per heavy atom. The first kappa shape index (κ1) is 20.7. The van der Waals surface area contributed by atoms with Gasteiger partial charge in [0, 0.05) is 6.07 Å². The average molecular weight is 399 g/mol. The molecule has 1 radical (unpaired) electrons. The van der Waals surface area contributed by atoms with E-state index in [-0.39, 0.29) is 17.3 Å². The highest BCUT2D eigenvalue weighted by molar-refractivity contribution is 5.91. The van der Waals surface area contributed by atoms with Gasteiger partial charge >= 0.3 is 11.9 Å². The second-order valence-corrected chi connectivity index (χ2v) is 6.84. The minimum absolute atomic E-state index is 0.0516. The van der Waals surface area contributed by atoms with Gasteiger partial charge in [-0.1, -0.05) is 44.2 Å². The van der Waals surface area contributed by atoms with Gasteiger partial charge in [-0.15, -0.1) is 0 Å². The van der Waals surface area contributed by atoms with Crippen molar-refractivity contribution in [2.24, 2.45) is 0 Å². The highest BCUT2D eigenvalue weighted by Crippen LogP contribution is 2.22. The van der Waals surface area contributed by atoms with Crippen molar-refractivity contribution < 1.29 is 19.1 Å². The molecule has 1 aromatic heterocycles. The van der Waals surface area contributed by atoms with E-state index in [1.807, 2.05) is 32.0 Å². The maximum Gasteiger partial charge on any atom is 0.344 e. The van der Waals surface area contributed by atoms with Crippen molar-refractivity contribution in [2.75, 3.05) is 0 Å². The molecule has 149 valence electrons. The van der Waals surface area contributed by atoms with Gasteiger partial charge in [0.05, 0.1) is 11.1 Å². The summed E-state index contributed by atoms with van der Waals surface area (Å²) in [4.78, 5) is 28.7. The lowest BCUT2D eigenvalue weighted by molar-refractivity contribution is 0.0717. The zero-order valence-electron chi connectivity index (χ0n) is 16.6. The maximum atomic E-state index is 12.5. The van der Waals surface area contributed by atoms with Crippen LogP contribution in [0.1, 0.15) is 45.7 Å². The molecule has 6 nitrogen and oxygen atoms in total. The Morgan fingerprint density at radius 3 is 2.13 bits per heavy atom. The molecular weight excluding hydrogens is 380 g/mol. The number of pyridine rings is 1. The number of benzene rings is 2. The van der Waals surface area contributed by atoms with Crippen molar-refractivity contribution in [3.8, 4) is 17.8 Å². The Bertz CT molecular complexity index is 1080. The summed E-state index contributed by atoms with van der Waals surface area (Å²) >= 11 is 0. The summed E-state index contributed by atoms with van der Waals surface area (Å²) in [6.45, 7) is 4.07. The van der Waals surface area contributed by atoms with E-state index in [9.17, 15) is 14.9 Å². The van der Waals surface area contributed by atoms with E-state index in [1.54, 1.807) is 42.5 Å². The molecule has 3 aromatic rings. The molecule has 0 aliphatic carbocycles. The number of ether oxygens (including phenoxy) is 2. The summed E-state index contributed by atoms with van der Waals surface area (Å²) in [5.74, 6) is -0.300. The number of hydrogen-bond acceptors (Lipinski definition) is 6. The Morgan fingerprint density at radius 2 is 1.50 bits per heavy atom. The highest BCUT2D eigenvalue weighted by atomic mass is 16.6. The van der Waals surface area contributed by atoms with Crippen molar-refractivity contribution in [1.29, 1.82) is 5.26 Å². The minimum Gasteiger partial charge on any atom is -0.404 e. The maximum absolute atomic E-state index is 12.5. The van der Waals surface area contributed by atoms with Crippen LogP contribution in [0.2, 0.25) is 0 Å². The van der Waals surface area contributed by atoms with Crippen LogP contribution in [-0.2, 0) is 6.42 Å². The van der Waals surface area contributed by atoms with Crippen LogP contribution in [0.25, 0.3) is 0 Å². The molecule has 0 aliphatic rings. The van der Waals surface area contributed by atoms with Crippen LogP contribution >= 0.6 is 0 Å². The van der Waals surface area contributed by atoms with Crippen LogP contribution in [0.5, 0.6) is 11.8 Å². The van der Waals surface area contributed by atoms with Gasteiger partial charge in [0.1, 0.15) is 11.6 Å². The third-order valence-electron chi connectivity index (χ3n) is 4.10. The number of esters is 2. The fraction of sp³-hybridized carbons (Fsp3) is 0.125. The van der Waals surface area contributed by atoms with Gasteiger partial charge in [0.25, 0.3) is 0 Å². The lowest BCUT2D eigenvalue weighted by atomic mass is 10.0. The van der Waals surface area contributed by atoms with Gasteiger partial charge in [-0.05, 0) is 48.2 Å². The second kappa shape index (κ2) is 9.48. The fourth-order valence-electron chi connectivity index (χ4n) is 2.69. The number of nitriles is 1. The number of rotatable bonds is 6. The van der Waals surface area contributed by atoms with E-state index in [4.69, 9.17) is 9.47 Å². The second-order valence-electron chi connectivity index (χ2n) is 6.84. The topological polar surface area (TPSA) is 89.3 Å². The first-order valence-corrected chi connectivity index (χ1v) is 9.25. The molecule has 0 saturated heterocycles. The molecule has 0 atom stereocenters. The summed E-state index contributed by atoms with van der Waals surface area (Å²) in [5, 5.41) is 9.28. The van der Waals surface area contributed by atoms with E-state index >= 15 is 0 Å². The van der Waals surface area contributed by atoms with Gasteiger partial charge in [0.2, 0.25) is 11.8 Å². The molecule has 0 bridgehead atoms. The molecular formula is C24H19N2O4. The molecule has 0 amide bonds. The summed E-state index contributed by atoms with van der Waals surface area (Å²) in [5.41, 5.74) is 1.81. The number of carbonyl (C=O) groups excluding carboxylic acids is 2. The smallest absolute Gasteiger partial charge is 0.344 e. The summed E-state index contributed by atoms with van der Waals surface area (Å²) in [6.07, 6.45) is 0.824. The van der Waals surface area contributed by atoms with Crippen LogP contribution in [0, 0.1) is 17.2 Å². The molecule has 0 aliphatic heterocycles. The van der Waals surface area contributed by atoms with Gasteiger partial charge in [-0.3, -0.25) is 0 Å². The molecule has 0 saturated carbocycles. The van der Waals surface area contributed by atoms with E-state index in [0.717, 1.165) is 12.0 Å². The van der Waals surface area contributed by atoms with Crippen molar-refractivity contribution in [2.45, 2.75) is 20.3 Å². The van der Waals surface area contributed by atoms with Gasteiger partial charge in [0.15, 0.2) is 0 Å². The predicted octanol–water partition coefficient (Wildman–Crippen LogP) is 4.55. The van der Waals surface area contributed by atoms with Crippen molar-refractivity contribution in [3.05, 3.63) is 94.9 Å². The number of hydrogen-bond donors (Lipinski definition) is 0. The van der Waals surface area contributed by atoms with E-state index in [0.29, 0.717) is 11.1 Å². The van der Waals surface area contributed by atoms with Crippen molar-refractivity contribution in [1.82, 2.24) is 4.98 Å². The molecule has 1 heterocycles. The van der Waals surface area contributed by atoms with Gasteiger partial charge in [-0.2, -0.15) is 10.2 Å². The van der Waals surface area contributed by atoms with E-state index in [1.165, 1.54) is 18.1 Å². The lowest BCUT2D eigenvalue weighted by Crippen LogP contribution is -2.13. The van der Waals surface area contributed by atoms with Crippen LogP contribution < -0.4 is 9.47 Å². The Hall–Kier alpha value is -3.98. The molecule has 0 fully saturated rings.